The van der Waals surface area contributed by atoms with Crippen LogP contribution in [0, 0.1) is 20.8 Å². The molecule has 5 rings (SSSR count). The quantitative estimate of drug-likeness (QED) is 0.134. The van der Waals surface area contributed by atoms with Crippen LogP contribution in [0.5, 0.6) is 11.5 Å². The van der Waals surface area contributed by atoms with E-state index in [1.807, 2.05) is 63.1 Å². The van der Waals surface area contributed by atoms with E-state index < -0.39 is 5.97 Å². The van der Waals surface area contributed by atoms with E-state index in [2.05, 4.69) is 5.32 Å². The van der Waals surface area contributed by atoms with E-state index in [0.29, 0.717) is 54.2 Å². The maximum absolute atomic E-state index is 13.3. The third-order valence-electron chi connectivity index (χ3n) is 8.93. The Balaban J connectivity index is 1.25. The van der Waals surface area contributed by atoms with Crippen molar-refractivity contribution < 1.29 is 23.9 Å². The van der Waals surface area contributed by atoms with Gasteiger partial charge >= 0.3 is 5.97 Å². The Morgan fingerprint density at radius 2 is 1.69 bits per heavy atom. The van der Waals surface area contributed by atoms with E-state index in [1.165, 1.54) is 19.3 Å². The second kappa shape index (κ2) is 16.2. The topological polar surface area (TPSA) is 101 Å². The number of nitrogens with one attached hydrogen (secondary N) is 1. The van der Waals surface area contributed by atoms with Crippen LogP contribution in [0.15, 0.2) is 59.6 Å². The molecule has 0 aromatic heterocycles. The highest BCUT2D eigenvalue weighted by Crippen LogP contribution is 2.31. The van der Waals surface area contributed by atoms with Crippen molar-refractivity contribution in [3.63, 3.8) is 0 Å². The zero-order valence-electron chi connectivity index (χ0n) is 28.3. The third-order valence-corrected chi connectivity index (χ3v) is 9.18. The summed E-state index contributed by atoms with van der Waals surface area (Å²) in [6, 6.07) is 16.9. The lowest BCUT2D eigenvalue weighted by molar-refractivity contribution is -0.135. The Kier molecular flexibility index (Phi) is 11.8. The molecule has 1 heterocycles. The van der Waals surface area contributed by atoms with Crippen LogP contribution in [0.25, 0.3) is 0 Å². The molecule has 3 aromatic carbocycles. The summed E-state index contributed by atoms with van der Waals surface area (Å²) in [4.78, 5) is 47.5. The molecular weight excluding hydrogens is 628 g/mol. The van der Waals surface area contributed by atoms with Crippen LogP contribution in [0.4, 0.5) is 5.69 Å². The second-order valence-corrected chi connectivity index (χ2v) is 13.3. The molecule has 1 N–H and O–H groups in total. The lowest BCUT2D eigenvalue weighted by Gasteiger charge is -2.31. The summed E-state index contributed by atoms with van der Waals surface area (Å²) >= 11 is 6.01. The van der Waals surface area contributed by atoms with E-state index >= 15 is 0 Å². The summed E-state index contributed by atoms with van der Waals surface area (Å²) in [6.45, 7) is 6.41. The molecule has 0 radical (unpaired) electrons. The van der Waals surface area contributed by atoms with Gasteiger partial charge in [-0.1, -0.05) is 60.7 Å². The number of halogens is 1. The largest absolute Gasteiger partial charge is 0.494 e. The molecule has 0 bridgehead atoms. The van der Waals surface area contributed by atoms with Gasteiger partial charge in [-0.05, 0) is 87.1 Å². The fourth-order valence-electron chi connectivity index (χ4n) is 6.44. The Labute approximate surface area is 288 Å². The number of esters is 1. The Bertz CT molecular complexity index is 1640. The van der Waals surface area contributed by atoms with Crippen molar-refractivity contribution in [3.05, 3.63) is 87.4 Å². The molecule has 0 unspecified atom stereocenters. The van der Waals surface area contributed by atoms with E-state index in [1.54, 1.807) is 29.2 Å². The minimum atomic E-state index is -0.469. The van der Waals surface area contributed by atoms with Crippen LogP contribution in [0.3, 0.4) is 0 Å². The number of carbonyl (C=O) groups excluding carboxylic acids is 3. The SMILES string of the molecule is Cc1cc(C)c(OC(=O)CN2Cc3cc(OCCCC(=O)N(C)C4CCCCC4)ccc3N=C2NC(=O)Cc2ccc(Cl)cc2)c(C)c1. The van der Waals surface area contributed by atoms with Crippen molar-refractivity contribution in [2.45, 2.75) is 84.7 Å². The number of hydrogen-bond donors (Lipinski definition) is 1. The van der Waals surface area contributed by atoms with Gasteiger partial charge in [0.05, 0.1) is 18.7 Å². The normalized spacial score (nSPS) is 14.5. The van der Waals surface area contributed by atoms with E-state index in [4.69, 9.17) is 26.1 Å². The van der Waals surface area contributed by atoms with Crippen LogP contribution in [-0.4, -0.2) is 59.8 Å². The Morgan fingerprint density at radius 1 is 0.979 bits per heavy atom. The summed E-state index contributed by atoms with van der Waals surface area (Å²) in [5.41, 5.74) is 5.15. The molecule has 2 aliphatic rings. The number of benzene rings is 3. The van der Waals surface area contributed by atoms with Crippen molar-refractivity contribution in [2.75, 3.05) is 20.2 Å². The van der Waals surface area contributed by atoms with Crippen LogP contribution in [0.1, 0.15) is 72.8 Å². The van der Waals surface area contributed by atoms with Gasteiger partial charge in [-0.3, -0.25) is 14.9 Å². The first kappa shape index (κ1) is 35.0. The smallest absolute Gasteiger partial charge is 0.331 e. The van der Waals surface area contributed by atoms with Crippen LogP contribution >= 0.6 is 11.6 Å². The summed E-state index contributed by atoms with van der Waals surface area (Å²) < 4.78 is 11.9. The second-order valence-electron chi connectivity index (χ2n) is 12.9. The van der Waals surface area contributed by atoms with Gasteiger partial charge in [0.15, 0.2) is 0 Å². The molecular formula is C38H45ClN4O5. The van der Waals surface area contributed by atoms with Crippen molar-refractivity contribution >= 4 is 41.0 Å². The molecule has 0 atom stereocenters. The fourth-order valence-corrected chi connectivity index (χ4v) is 6.56. The van der Waals surface area contributed by atoms with Gasteiger partial charge in [0, 0.05) is 36.6 Å². The lowest BCUT2D eigenvalue weighted by atomic mass is 9.94. The average Bonchev–Trinajstić information content (AvgIpc) is 3.06. The minimum Gasteiger partial charge on any atom is -0.494 e. The fraction of sp³-hybridized carbons (Fsp3) is 0.421. The molecule has 10 heteroatoms. The highest BCUT2D eigenvalue weighted by molar-refractivity contribution is 6.30. The van der Waals surface area contributed by atoms with Crippen LogP contribution in [0.2, 0.25) is 5.02 Å². The van der Waals surface area contributed by atoms with Crippen molar-refractivity contribution in [3.8, 4) is 11.5 Å². The number of ether oxygens (including phenoxy) is 2. The molecule has 254 valence electrons. The average molecular weight is 673 g/mol. The van der Waals surface area contributed by atoms with E-state index in [9.17, 15) is 14.4 Å². The maximum Gasteiger partial charge on any atom is 0.331 e. The zero-order chi connectivity index (χ0) is 34.2. The maximum atomic E-state index is 13.3. The van der Waals surface area contributed by atoms with Gasteiger partial charge in [0.25, 0.3) is 0 Å². The highest BCUT2D eigenvalue weighted by atomic mass is 35.5. The molecule has 9 nitrogen and oxygen atoms in total. The predicted octanol–water partition coefficient (Wildman–Crippen LogP) is 6.98. The molecule has 1 aliphatic heterocycles. The van der Waals surface area contributed by atoms with Gasteiger partial charge in [-0.2, -0.15) is 0 Å². The van der Waals surface area contributed by atoms with Gasteiger partial charge < -0.3 is 19.3 Å². The number of guanidine groups is 1. The summed E-state index contributed by atoms with van der Waals surface area (Å²) in [5, 5.41) is 3.49. The zero-order valence-corrected chi connectivity index (χ0v) is 29.1. The van der Waals surface area contributed by atoms with Crippen LogP contribution in [-0.2, 0) is 27.3 Å². The first-order valence-electron chi connectivity index (χ1n) is 16.7. The third kappa shape index (κ3) is 9.37. The number of nitrogens with zero attached hydrogens (tertiary/aromatic N) is 3. The molecule has 2 amide bonds. The Morgan fingerprint density at radius 3 is 2.40 bits per heavy atom. The van der Waals surface area contributed by atoms with Crippen molar-refractivity contribution in [2.24, 2.45) is 4.99 Å². The number of amides is 2. The van der Waals surface area contributed by atoms with Crippen molar-refractivity contribution in [1.82, 2.24) is 15.1 Å². The number of aliphatic imine (C=N–C) groups is 1. The molecule has 1 aliphatic carbocycles. The number of aryl methyl sites for hydroxylation is 3. The van der Waals surface area contributed by atoms with Gasteiger partial charge in [-0.15, -0.1) is 0 Å². The van der Waals surface area contributed by atoms with Gasteiger partial charge in [0.2, 0.25) is 17.8 Å². The number of fused-ring (bicyclic) bond motifs is 1. The summed E-state index contributed by atoms with van der Waals surface area (Å²) in [5.74, 6) is 0.878. The van der Waals surface area contributed by atoms with Crippen molar-refractivity contribution in [1.29, 1.82) is 0 Å². The standard InChI is InChI=1S/C38H45ClN4O5/c1-25-19-26(2)37(27(3)20-25)48-36(46)24-43-23-29-22-32(47-18-8-11-35(45)42(4)31-9-6-5-7-10-31)16-17-33(29)40-38(43)41-34(44)21-28-12-14-30(39)15-13-28/h12-17,19-20,22,31H,5-11,18,21,23-24H2,1-4H3,(H,40,41,44). The van der Waals surface area contributed by atoms with Gasteiger partial charge in [0.1, 0.15) is 18.0 Å². The molecule has 1 fully saturated rings. The summed E-state index contributed by atoms with van der Waals surface area (Å²) in [7, 11) is 1.92. The van der Waals surface area contributed by atoms with Gasteiger partial charge in [-0.25, -0.2) is 9.79 Å². The molecule has 48 heavy (non-hydrogen) atoms. The number of hydrogen-bond acceptors (Lipinski definition) is 7. The first-order valence-corrected chi connectivity index (χ1v) is 17.1. The monoisotopic (exact) mass is 672 g/mol. The molecule has 1 saturated carbocycles. The summed E-state index contributed by atoms with van der Waals surface area (Å²) in [6.07, 6.45) is 6.99. The molecule has 3 aromatic rings. The molecule has 0 saturated heterocycles. The predicted molar refractivity (Wildman–Crippen MR) is 188 cm³/mol. The van der Waals surface area contributed by atoms with Crippen LogP contribution < -0.4 is 14.8 Å². The first-order chi connectivity index (χ1) is 23.0. The number of carbonyl (C=O) groups is 3. The Hall–Kier alpha value is -4.37. The highest BCUT2D eigenvalue weighted by Gasteiger charge is 2.26. The number of rotatable bonds is 11. The lowest BCUT2D eigenvalue weighted by Crippen LogP contribution is -2.48. The molecule has 0 spiro atoms. The van der Waals surface area contributed by atoms with E-state index in [-0.39, 0.29) is 30.7 Å². The van der Waals surface area contributed by atoms with E-state index in [0.717, 1.165) is 40.7 Å². The minimum absolute atomic E-state index is 0.120.